The largest absolute Gasteiger partial charge is 0.493 e. The third-order valence-corrected chi connectivity index (χ3v) is 3.44. The molecule has 0 atom stereocenters. The Kier molecular flexibility index (Phi) is 6.34. The molecule has 0 radical (unpaired) electrons. The minimum absolute atomic E-state index is 0.569. The molecule has 0 saturated carbocycles. The second-order valence-corrected chi connectivity index (χ2v) is 5.32. The van der Waals surface area contributed by atoms with Crippen LogP contribution in [0.1, 0.15) is 19.4 Å². The average molecular weight is 239 g/mol. The molecule has 0 amide bonds. The van der Waals surface area contributed by atoms with Gasteiger partial charge in [0.2, 0.25) is 0 Å². The summed E-state index contributed by atoms with van der Waals surface area (Å²) < 4.78 is 5.65. The number of ether oxygens (including phenoxy) is 1. The summed E-state index contributed by atoms with van der Waals surface area (Å²) >= 11 is 1.94. The van der Waals surface area contributed by atoms with E-state index in [0.717, 1.165) is 29.6 Å². The van der Waals surface area contributed by atoms with Crippen LogP contribution in [0.15, 0.2) is 24.3 Å². The molecule has 0 aliphatic heterocycles. The molecule has 0 aliphatic rings. The van der Waals surface area contributed by atoms with Crippen LogP contribution in [-0.4, -0.2) is 18.1 Å². The van der Waals surface area contributed by atoms with E-state index in [1.807, 2.05) is 36.0 Å². The minimum Gasteiger partial charge on any atom is -0.493 e. The fraction of sp³-hybridized carbons (Fsp3) is 0.538. The molecule has 0 bridgehead atoms. The number of hydrogen-bond donors (Lipinski definition) is 1. The van der Waals surface area contributed by atoms with Crippen LogP contribution in [0.25, 0.3) is 0 Å². The van der Waals surface area contributed by atoms with Gasteiger partial charge < -0.3 is 10.5 Å². The van der Waals surface area contributed by atoms with Crippen molar-refractivity contribution in [2.45, 2.75) is 20.4 Å². The Bertz CT molecular complexity index is 302. The summed E-state index contributed by atoms with van der Waals surface area (Å²) in [6.45, 7) is 5.81. The van der Waals surface area contributed by atoms with Crippen molar-refractivity contribution in [2.24, 2.45) is 11.7 Å². The van der Waals surface area contributed by atoms with E-state index in [9.17, 15) is 0 Å². The number of thioether (sulfide) groups is 1. The molecule has 2 nitrogen and oxygen atoms in total. The summed E-state index contributed by atoms with van der Waals surface area (Å²) in [4.78, 5) is 0. The highest BCUT2D eigenvalue weighted by atomic mass is 32.2. The van der Waals surface area contributed by atoms with Gasteiger partial charge in [-0.2, -0.15) is 11.8 Å². The van der Waals surface area contributed by atoms with E-state index in [-0.39, 0.29) is 0 Å². The number of rotatable bonds is 7. The van der Waals surface area contributed by atoms with Crippen LogP contribution in [0.4, 0.5) is 0 Å². The zero-order valence-electron chi connectivity index (χ0n) is 10.1. The third kappa shape index (κ3) is 5.42. The van der Waals surface area contributed by atoms with E-state index < -0.39 is 0 Å². The Balaban J connectivity index is 2.21. The summed E-state index contributed by atoms with van der Waals surface area (Å²) in [5.74, 6) is 3.93. The van der Waals surface area contributed by atoms with Gasteiger partial charge in [-0.15, -0.1) is 0 Å². The van der Waals surface area contributed by atoms with Gasteiger partial charge in [-0.25, -0.2) is 0 Å². The zero-order chi connectivity index (χ0) is 11.8. The van der Waals surface area contributed by atoms with E-state index in [4.69, 9.17) is 10.5 Å². The van der Waals surface area contributed by atoms with E-state index in [2.05, 4.69) is 13.8 Å². The summed E-state index contributed by atoms with van der Waals surface area (Å²) in [5.41, 5.74) is 6.69. The quantitative estimate of drug-likeness (QED) is 0.743. The molecule has 0 unspecified atom stereocenters. The molecule has 3 heteroatoms. The molecule has 2 N–H and O–H groups in total. The van der Waals surface area contributed by atoms with Crippen LogP contribution in [0.2, 0.25) is 0 Å². The second-order valence-electron chi connectivity index (χ2n) is 4.17. The van der Waals surface area contributed by atoms with Gasteiger partial charge in [0.15, 0.2) is 0 Å². The maximum Gasteiger partial charge on any atom is 0.119 e. The number of nitrogens with two attached hydrogens (primary N) is 1. The molecule has 1 aromatic rings. The van der Waals surface area contributed by atoms with Gasteiger partial charge >= 0.3 is 0 Å². The molecule has 0 aliphatic carbocycles. The number of hydrogen-bond acceptors (Lipinski definition) is 3. The van der Waals surface area contributed by atoms with Crippen LogP contribution < -0.4 is 10.5 Å². The van der Waals surface area contributed by atoms with Crippen molar-refractivity contribution in [1.29, 1.82) is 0 Å². The molecule has 0 saturated heterocycles. The van der Waals surface area contributed by atoms with Crippen molar-refractivity contribution < 1.29 is 4.74 Å². The van der Waals surface area contributed by atoms with Crippen molar-refractivity contribution in [3.05, 3.63) is 29.8 Å². The molecule has 0 aromatic heterocycles. The van der Waals surface area contributed by atoms with Crippen molar-refractivity contribution in [1.82, 2.24) is 0 Å². The summed E-state index contributed by atoms with van der Waals surface area (Å²) in [6.07, 6.45) is 0. The van der Waals surface area contributed by atoms with Crippen molar-refractivity contribution in [3.63, 3.8) is 0 Å². The predicted octanol–water partition coefficient (Wildman–Crippen LogP) is 2.91. The van der Waals surface area contributed by atoms with Gasteiger partial charge in [-0.1, -0.05) is 26.0 Å². The molecule has 90 valence electrons. The highest BCUT2D eigenvalue weighted by Gasteiger charge is 1.97. The van der Waals surface area contributed by atoms with Crippen molar-refractivity contribution in [2.75, 3.05) is 18.1 Å². The monoisotopic (exact) mass is 239 g/mol. The smallest absolute Gasteiger partial charge is 0.119 e. The molecule has 0 heterocycles. The minimum atomic E-state index is 0.569. The highest BCUT2D eigenvalue weighted by Crippen LogP contribution is 2.14. The molecule has 1 rings (SSSR count). The van der Waals surface area contributed by atoms with Gasteiger partial charge in [0.25, 0.3) is 0 Å². The van der Waals surface area contributed by atoms with Gasteiger partial charge in [-0.05, 0) is 29.4 Å². The van der Waals surface area contributed by atoms with Crippen molar-refractivity contribution in [3.8, 4) is 5.75 Å². The van der Waals surface area contributed by atoms with E-state index in [0.29, 0.717) is 6.54 Å². The fourth-order valence-electron chi connectivity index (χ4n) is 1.30. The van der Waals surface area contributed by atoms with Gasteiger partial charge in [0, 0.05) is 12.3 Å². The lowest BCUT2D eigenvalue weighted by Gasteiger charge is -2.08. The fourth-order valence-corrected chi connectivity index (χ4v) is 2.14. The van der Waals surface area contributed by atoms with Gasteiger partial charge in [-0.3, -0.25) is 0 Å². The maximum absolute atomic E-state index is 5.65. The Morgan fingerprint density at radius 1 is 1.38 bits per heavy atom. The van der Waals surface area contributed by atoms with Crippen LogP contribution >= 0.6 is 11.8 Å². The number of benzene rings is 1. The first-order valence-corrected chi connectivity index (χ1v) is 6.87. The van der Waals surface area contributed by atoms with Crippen LogP contribution in [0.3, 0.4) is 0 Å². The standard InChI is InChI=1S/C13H21NOS/c1-11(2)10-16-7-6-15-13-5-3-4-12(8-13)9-14/h3-5,8,11H,6-7,9-10,14H2,1-2H3. The Hall–Kier alpha value is -0.670. The lowest BCUT2D eigenvalue weighted by atomic mass is 10.2. The van der Waals surface area contributed by atoms with Crippen LogP contribution in [0, 0.1) is 5.92 Å². The van der Waals surface area contributed by atoms with E-state index in [1.165, 1.54) is 5.75 Å². The third-order valence-electron chi connectivity index (χ3n) is 2.08. The van der Waals surface area contributed by atoms with Gasteiger partial charge in [0.1, 0.15) is 5.75 Å². The molecule has 0 fully saturated rings. The lowest BCUT2D eigenvalue weighted by molar-refractivity contribution is 0.343. The van der Waals surface area contributed by atoms with Crippen molar-refractivity contribution >= 4 is 11.8 Å². The second kappa shape index (κ2) is 7.58. The first-order chi connectivity index (χ1) is 7.72. The first-order valence-electron chi connectivity index (χ1n) is 5.72. The van der Waals surface area contributed by atoms with Crippen LogP contribution in [0.5, 0.6) is 5.75 Å². The topological polar surface area (TPSA) is 35.2 Å². The lowest BCUT2D eigenvalue weighted by Crippen LogP contribution is -2.03. The Morgan fingerprint density at radius 2 is 2.19 bits per heavy atom. The highest BCUT2D eigenvalue weighted by molar-refractivity contribution is 7.99. The zero-order valence-corrected chi connectivity index (χ0v) is 10.9. The molecule has 0 spiro atoms. The SMILES string of the molecule is CC(C)CSCCOc1cccc(CN)c1. The molecule has 1 aromatic carbocycles. The molecule has 16 heavy (non-hydrogen) atoms. The predicted molar refractivity (Wildman–Crippen MR) is 72.0 cm³/mol. The normalized spacial score (nSPS) is 10.8. The van der Waals surface area contributed by atoms with Crippen LogP contribution in [-0.2, 0) is 6.54 Å². The summed E-state index contributed by atoms with van der Waals surface area (Å²) in [7, 11) is 0. The summed E-state index contributed by atoms with van der Waals surface area (Å²) in [5, 5.41) is 0. The first kappa shape index (κ1) is 13.4. The molecular weight excluding hydrogens is 218 g/mol. The Labute approximate surface area is 103 Å². The van der Waals surface area contributed by atoms with Gasteiger partial charge in [0.05, 0.1) is 6.61 Å². The van der Waals surface area contributed by atoms with E-state index in [1.54, 1.807) is 0 Å². The maximum atomic E-state index is 5.65. The molecular formula is C13H21NOS. The average Bonchev–Trinajstić information content (AvgIpc) is 2.28. The summed E-state index contributed by atoms with van der Waals surface area (Å²) in [6, 6.07) is 7.98. The van der Waals surface area contributed by atoms with E-state index >= 15 is 0 Å². The Morgan fingerprint density at radius 3 is 2.88 bits per heavy atom.